The standard InChI is InChI=1S/C27H25ClFN5O2S/c1-16-6-4-7-19(12-16)34-23(14-30-26(36)25-20(28)8-5-9-21(25)29)32-33-27(34)37-15-24(35)31-22-13-17(2)10-11-18(22)3/h4-13H,14-15H2,1-3H3,(H,30,36)(H,31,35). The molecule has 0 radical (unpaired) electrons. The van der Waals surface area contributed by atoms with Crippen LogP contribution in [0, 0.1) is 26.6 Å². The zero-order chi connectivity index (χ0) is 26.5. The van der Waals surface area contributed by atoms with Gasteiger partial charge in [0.05, 0.1) is 22.9 Å². The number of hydrogen-bond acceptors (Lipinski definition) is 5. The molecule has 0 bridgehead atoms. The number of hydrogen-bond donors (Lipinski definition) is 2. The van der Waals surface area contributed by atoms with Crippen LogP contribution in [0.3, 0.4) is 0 Å². The third-order valence-corrected chi connectivity index (χ3v) is 6.80. The summed E-state index contributed by atoms with van der Waals surface area (Å²) in [6, 6.07) is 17.6. The molecule has 0 saturated heterocycles. The summed E-state index contributed by atoms with van der Waals surface area (Å²) in [5, 5.41) is 14.6. The molecule has 37 heavy (non-hydrogen) atoms. The number of aryl methyl sites for hydroxylation is 3. The van der Waals surface area contributed by atoms with E-state index in [9.17, 15) is 14.0 Å². The van der Waals surface area contributed by atoms with Gasteiger partial charge in [0.2, 0.25) is 5.91 Å². The van der Waals surface area contributed by atoms with E-state index in [0.717, 1.165) is 28.1 Å². The minimum absolute atomic E-state index is 0.0174. The number of carbonyl (C=O) groups excluding carboxylic acids is 2. The highest BCUT2D eigenvalue weighted by Crippen LogP contribution is 2.24. The molecule has 4 aromatic rings. The second kappa shape index (κ2) is 11.6. The molecule has 0 fully saturated rings. The Morgan fingerprint density at radius 3 is 2.51 bits per heavy atom. The Bertz CT molecular complexity index is 1450. The fourth-order valence-electron chi connectivity index (χ4n) is 3.68. The van der Waals surface area contributed by atoms with Gasteiger partial charge in [-0.3, -0.25) is 14.2 Å². The Labute approximate surface area is 223 Å². The van der Waals surface area contributed by atoms with E-state index in [4.69, 9.17) is 11.6 Å². The van der Waals surface area contributed by atoms with Gasteiger partial charge in [-0.25, -0.2) is 4.39 Å². The lowest BCUT2D eigenvalue weighted by Gasteiger charge is -2.13. The second-order valence-electron chi connectivity index (χ2n) is 8.51. The summed E-state index contributed by atoms with van der Waals surface area (Å²) in [7, 11) is 0. The molecule has 7 nitrogen and oxygen atoms in total. The summed E-state index contributed by atoms with van der Waals surface area (Å²) < 4.78 is 15.9. The molecule has 3 aromatic carbocycles. The van der Waals surface area contributed by atoms with Gasteiger partial charge < -0.3 is 10.6 Å². The van der Waals surface area contributed by atoms with Crippen LogP contribution in [-0.4, -0.2) is 32.3 Å². The quantitative estimate of drug-likeness (QED) is 0.284. The smallest absolute Gasteiger partial charge is 0.256 e. The Morgan fingerprint density at radius 1 is 1.00 bits per heavy atom. The number of nitrogens with one attached hydrogen (secondary N) is 2. The van der Waals surface area contributed by atoms with Gasteiger partial charge in [-0.1, -0.05) is 53.7 Å². The third-order valence-electron chi connectivity index (χ3n) is 5.56. The van der Waals surface area contributed by atoms with Crippen LogP contribution >= 0.6 is 23.4 Å². The summed E-state index contributed by atoms with van der Waals surface area (Å²) in [4.78, 5) is 25.4. The number of halogens is 2. The summed E-state index contributed by atoms with van der Waals surface area (Å²) >= 11 is 7.25. The maximum absolute atomic E-state index is 14.2. The van der Waals surface area contributed by atoms with Crippen LogP contribution in [0.2, 0.25) is 5.02 Å². The summed E-state index contributed by atoms with van der Waals surface area (Å²) in [5.41, 5.74) is 4.35. The molecule has 0 saturated carbocycles. The predicted octanol–water partition coefficient (Wildman–Crippen LogP) is 5.65. The van der Waals surface area contributed by atoms with Crippen molar-refractivity contribution in [2.75, 3.05) is 11.1 Å². The van der Waals surface area contributed by atoms with Crippen molar-refractivity contribution in [2.24, 2.45) is 0 Å². The van der Waals surface area contributed by atoms with E-state index in [1.165, 1.54) is 30.0 Å². The van der Waals surface area contributed by atoms with Crippen LogP contribution in [-0.2, 0) is 11.3 Å². The van der Waals surface area contributed by atoms with Gasteiger partial charge in [-0.05, 0) is 67.8 Å². The van der Waals surface area contributed by atoms with Crippen molar-refractivity contribution in [1.82, 2.24) is 20.1 Å². The lowest BCUT2D eigenvalue weighted by Crippen LogP contribution is -2.26. The van der Waals surface area contributed by atoms with Crippen molar-refractivity contribution in [3.05, 3.63) is 99.6 Å². The first-order valence-electron chi connectivity index (χ1n) is 11.5. The van der Waals surface area contributed by atoms with Crippen molar-refractivity contribution < 1.29 is 14.0 Å². The van der Waals surface area contributed by atoms with Gasteiger partial charge in [-0.2, -0.15) is 0 Å². The van der Waals surface area contributed by atoms with Gasteiger partial charge in [0.15, 0.2) is 11.0 Å². The van der Waals surface area contributed by atoms with E-state index in [2.05, 4.69) is 20.8 Å². The fourth-order valence-corrected chi connectivity index (χ4v) is 4.70. The topological polar surface area (TPSA) is 88.9 Å². The van der Waals surface area contributed by atoms with E-state index < -0.39 is 11.7 Å². The molecule has 1 aromatic heterocycles. The zero-order valence-corrected chi connectivity index (χ0v) is 22.1. The fraction of sp³-hybridized carbons (Fsp3) is 0.185. The first-order valence-corrected chi connectivity index (χ1v) is 12.8. The largest absolute Gasteiger partial charge is 0.345 e. The number of anilines is 1. The SMILES string of the molecule is Cc1cccc(-n2c(CNC(=O)c3c(F)cccc3Cl)nnc2SCC(=O)Nc2cc(C)ccc2C)c1. The van der Waals surface area contributed by atoms with E-state index in [1.54, 1.807) is 4.57 Å². The molecule has 0 atom stereocenters. The molecule has 10 heteroatoms. The first-order chi connectivity index (χ1) is 17.7. The number of carbonyl (C=O) groups is 2. The highest BCUT2D eigenvalue weighted by molar-refractivity contribution is 7.99. The number of thioether (sulfide) groups is 1. The number of benzene rings is 3. The lowest BCUT2D eigenvalue weighted by molar-refractivity contribution is -0.113. The van der Waals surface area contributed by atoms with Gasteiger partial charge in [0.25, 0.3) is 5.91 Å². The second-order valence-corrected chi connectivity index (χ2v) is 9.86. The molecule has 0 aliphatic carbocycles. The zero-order valence-electron chi connectivity index (χ0n) is 20.5. The average Bonchev–Trinajstić information content (AvgIpc) is 3.26. The van der Waals surface area contributed by atoms with E-state index in [-0.39, 0.29) is 28.8 Å². The first kappa shape index (κ1) is 26.4. The van der Waals surface area contributed by atoms with Gasteiger partial charge in [0, 0.05) is 11.4 Å². The number of aromatic nitrogens is 3. The normalized spacial score (nSPS) is 10.8. The molecule has 2 N–H and O–H groups in total. The Morgan fingerprint density at radius 2 is 1.76 bits per heavy atom. The molecule has 4 rings (SSSR count). The Kier molecular flexibility index (Phi) is 8.25. The van der Waals surface area contributed by atoms with Crippen molar-refractivity contribution in [3.63, 3.8) is 0 Å². The van der Waals surface area contributed by atoms with Crippen LogP contribution in [0.15, 0.2) is 65.8 Å². The monoisotopic (exact) mass is 537 g/mol. The van der Waals surface area contributed by atoms with Gasteiger partial charge in [-0.15, -0.1) is 10.2 Å². The molecule has 0 unspecified atom stereocenters. The molecule has 2 amide bonds. The molecule has 0 aliphatic rings. The predicted molar refractivity (Wildman–Crippen MR) is 144 cm³/mol. The van der Waals surface area contributed by atoms with Crippen molar-refractivity contribution in [3.8, 4) is 5.69 Å². The lowest BCUT2D eigenvalue weighted by atomic mass is 10.1. The highest BCUT2D eigenvalue weighted by Gasteiger charge is 2.20. The van der Waals surface area contributed by atoms with Gasteiger partial charge >= 0.3 is 0 Å². The van der Waals surface area contributed by atoms with Crippen LogP contribution in [0.25, 0.3) is 5.69 Å². The van der Waals surface area contributed by atoms with Crippen LogP contribution in [0.1, 0.15) is 32.9 Å². The minimum atomic E-state index is -0.712. The van der Waals surface area contributed by atoms with Gasteiger partial charge in [0.1, 0.15) is 5.82 Å². The Balaban J connectivity index is 1.54. The van der Waals surface area contributed by atoms with Crippen molar-refractivity contribution in [2.45, 2.75) is 32.5 Å². The maximum Gasteiger partial charge on any atom is 0.256 e. The number of amides is 2. The number of rotatable bonds is 8. The van der Waals surface area contributed by atoms with E-state index in [0.29, 0.717) is 11.0 Å². The van der Waals surface area contributed by atoms with Crippen molar-refractivity contribution >= 4 is 40.9 Å². The molecule has 1 heterocycles. The van der Waals surface area contributed by atoms with E-state index >= 15 is 0 Å². The number of nitrogens with zero attached hydrogens (tertiary/aromatic N) is 3. The molecular weight excluding hydrogens is 513 g/mol. The summed E-state index contributed by atoms with van der Waals surface area (Å²) in [5.74, 6) is -1.03. The maximum atomic E-state index is 14.2. The molecule has 0 spiro atoms. The van der Waals surface area contributed by atoms with Crippen LogP contribution < -0.4 is 10.6 Å². The highest BCUT2D eigenvalue weighted by atomic mass is 35.5. The summed E-state index contributed by atoms with van der Waals surface area (Å²) in [6.45, 7) is 5.83. The van der Waals surface area contributed by atoms with Crippen LogP contribution in [0.5, 0.6) is 0 Å². The van der Waals surface area contributed by atoms with Crippen LogP contribution in [0.4, 0.5) is 10.1 Å². The third kappa shape index (κ3) is 6.36. The van der Waals surface area contributed by atoms with Crippen molar-refractivity contribution in [1.29, 1.82) is 0 Å². The molecule has 0 aliphatic heterocycles. The average molecular weight is 538 g/mol. The Hall–Kier alpha value is -3.69. The molecule has 190 valence electrons. The summed E-state index contributed by atoms with van der Waals surface area (Å²) in [6.07, 6.45) is 0. The molecular formula is C27H25ClFN5O2S. The minimum Gasteiger partial charge on any atom is -0.345 e. The van der Waals surface area contributed by atoms with E-state index in [1.807, 2.05) is 63.2 Å².